The first-order valence-corrected chi connectivity index (χ1v) is 8.25. The molecule has 3 aromatic rings. The number of fused-ring (bicyclic) bond motifs is 1. The number of hydrogen-bond acceptors (Lipinski definition) is 4. The lowest BCUT2D eigenvalue weighted by atomic mass is 10.2. The van der Waals surface area contributed by atoms with Crippen LogP contribution < -0.4 is 4.74 Å². The fraction of sp³-hybridized carbons (Fsp3) is 0.312. The maximum atomic E-state index is 6.25. The molecule has 1 aromatic carbocycles. The zero-order valence-electron chi connectivity index (χ0n) is 12.7. The molecule has 0 aliphatic heterocycles. The Bertz CT molecular complexity index is 802. The molecule has 0 unspecified atom stereocenters. The number of halogens is 2. The molecule has 0 atom stereocenters. The van der Waals surface area contributed by atoms with Crippen LogP contribution in [0.25, 0.3) is 10.9 Å². The van der Waals surface area contributed by atoms with Crippen LogP contribution in [0.4, 0.5) is 0 Å². The standard InChI is InChI=1S/C16H16Cl2N4O/c1-2-3-4-8-22-14-12(15(18)21-22)6-5-7-13(14)23-16-19-9-11(17)10-20-16/h5-7,9-10H,2-4,8H2,1H3. The van der Waals surface area contributed by atoms with Crippen LogP contribution in [0.5, 0.6) is 11.8 Å². The molecule has 0 fully saturated rings. The average Bonchev–Trinajstić information content (AvgIpc) is 2.87. The molecule has 0 saturated heterocycles. The minimum atomic E-state index is 0.235. The van der Waals surface area contributed by atoms with E-state index in [0.717, 1.165) is 36.7 Å². The lowest BCUT2D eigenvalue weighted by molar-refractivity contribution is 0.441. The Labute approximate surface area is 144 Å². The molecule has 120 valence electrons. The Morgan fingerprint density at radius 2 is 1.91 bits per heavy atom. The van der Waals surface area contributed by atoms with Crippen LogP contribution in [-0.4, -0.2) is 19.7 Å². The highest BCUT2D eigenvalue weighted by atomic mass is 35.5. The first kappa shape index (κ1) is 16.0. The molecule has 0 N–H and O–H groups in total. The first-order valence-electron chi connectivity index (χ1n) is 7.49. The van der Waals surface area contributed by atoms with Gasteiger partial charge in [0.15, 0.2) is 10.9 Å². The van der Waals surface area contributed by atoms with Gasteiger partial charge in [-0.25, -0.2) is 9.97 Å². The van der Waals surface area contributed by atoms with Gasteiger partial charge in [-0.3, -0.25) is 4.68 Å². The second-order valence-electron chi connectivity index (χ2n) is 5.16. The highest BCUT2D eigenvalue weighted by Crippen LogP contribution is 2.32. The number of hydrogen-bond donors (Lipinski definition) is 0. The Kier molecular flexibility index (Phi) is 4.98. The smallest absolute Gasteiger partial charge is 0.322 e. The van der Waals surface area contributed by atoms with Gasteiger partial charge in [0.05, 0.1) is 17.4 Å². The predicted octanol–water partition coefficient (Wildman–Crippen LogP) is 5.12. The molecular formula is C16H16Cl2N4O. The van der Waals surface area contributed by atoms with Gasteiger partial charge in [0, 0.05) is 11.9 Å². The van der Waals surface area contributed by atoms with Gasteiger partial charge >= 0.3 is 6.01 Å². The van der Waals surface area contributed by atoms with Crippen molar-refractivity contribution in [1.29, 1.82) is 0 Å². The van der Waals surface area contributed by atoms with Crippen LogP contribution in [0.15, 0.2) is 30.6 Å². The summed E-state index contributed by atoms with van der Waals surface area (Å²) in [5, 5.41) is 6.21. The summed E-state index contributed by atoms with van der Waals surface area (Å²) in [6.45, 7) is 2.96. The Morgan fingerprint density at radius 1 is 1.13 bits per heavy atom. The van der Waals surface area contributed by atoms with E-state index in [4.69, 9.17) is 27.9 Å². The van der Waals surface area contributed by atoms with Crippen LogP contribution in [0.1, 0.15) is 26.2 Å². The summed E-state index contributed by atoms with van der Waals surface area (Å²) in [5.41, 5.74) is 0.854. The van der Waals surface area contributed by atoms with E-state index in [9.17, 15) is 0 Å². The van der Waals surface area contributed by atoms with Crippen molar-refractivity contribution in [3.63, 3.8) is 0 Å². The zero-order valence-corrected chi connectivity index (χ0v) is 14.2. The number of benzene rings is 1. The van der Waals surface area contributed by atoms with E-state index in [1.165, 1.54) is 12.4 Å². The highest BCUT2D eigenvalue weighted by Gasteiger charge is 2.14. The van der Waals surface area contributed by atoms with Crippen LogP contribution in [-0.2, 0) is 6.54 Å². The van der Waals surface area contributed by atoms with E-state index in [2.05, 4.69) is 22.0 Å². The van der Waals surface area contributed by atoms with Gasteiger partial charge in [-0.05, 0) is 18.6 Å². The second-order valence-corrected chi connectivity index (χ2v) is 5.95. The van der Waals surface area contributed by atoms with Crippen molar-refractivity contribution in [3.8, 4) is 11.8 Å². The average molecular weight is 351 g/mol. The van der Waals surface area contributed by atoms with Crippen molar-refractivity contribution in [3.05, 3.63) is 40.8 Å². The van der Waals surface area contributed by atoms with Gasteiger partial charge in [0.1, 0.15) is 5.52 Å². The topological polar surface area (TPSA) is 52.8 Å². The van der Waals surface area contributed by atoms with E-state index in [-0.39, 0.29) is 6.01 Å². The molecule has 2 aromatic heterocycles. The molecule has 3 rings (SSSR count). The van der Waals surface area contributed by atoms with Crippen molar-refractivity contribution >= 4 is 34.1 Å². The number of aryl methyl sites for hydroxylation is 1. The van der Waals surface area contributed by atoms with Crippen molar-refractivity contribution in [2.75, 3.05) is 0 Å². The van der Waals surface area contributed by atoms with E-state index in [0.29, 0.717) is 15.9 Å². The third-order valence-electron chi connectivity index (χ3n) is 3.46. The molecule has 0 radical (unpaired) electrons. The zero-order chi connectivity index (χ0) is 16.2. The largest absolute Gasteiger partial charge is 0.422 e. The van der Waals surface area contributed by atoms with E-state index >= 15 is 0 Å². The number of nitrogens with zero attached hydrogens (tertiary/aromatic N) is 4. The molecule has 0 bridgehead atoms. The lowest BCUT2D eigenvalue weighted by Gasteiger charge is -2.08. The number of para-hydroxylation sites is 1. The van der Waals surface area contributed by atoms with E-state index < -0.39 is 0 Å². The number of aromatic nitrogens is 4. The maximum Gasteiger partial charge on any atom is 0.322 e. The van der Waals surface area contributed by atoms with Gasteiger partial charge in [0.2, 0.25) is 0 Å². The molecule has 0 amide bonds. The van der Waals surface area contributed by atoms with Crippen molar-refractivity contribution in [1.82, 2.24) is 19.7 Å². The van der Waals surface area contributed by atoms with Gasteiger partial charge in [-0.2, -0.15) is 5.10 Å². The molecule has 2 heterocycles. The van der Waals surface area contributed by atoms with E-state index in [1.807, 2.05) is 22.9 Å². The quantitative estimate of drug-likeness (QED) is 0.579. The SMILES string of the molecule is CCCCCn1nc(Cl)c2cccc(Oc3ncc(Cl)cn3)c21. The molecular weight excluding hydrogens is 335 g/mol. The minimum Gasteiger partial charge on any atom is -0.422 e. The monoisotopic (exact) mass is 350 g/mol. The molecule has 0 aliphatic carbocycles. The third kappa shape index (κ3) is 3.57. The minimum absolute atomic E-state index is 0.235. The fourth-order valence-electron chi connectivity index (χ4n) is 2.37. The van der Waals surface area contributed by atoms with Crippen LogP contribution >= 0.6 is 23.2 Å². The van der Waals surface area contributed by atoms with Gasteiger partial charge in [-0.15, -0.1) is 0 Å². The molecule has 7 heteroatoms. The Morgan fingerprint density at radius 3 is 2.65 bits per heavy atom. The van der Waals surface area contributed by atoms with Crippen LogP contribution in [0.2, 0.25) is 10.2 Å². The fourth-order valence-corrected chi connectivity index (χ4v) is 2.71. The first-order chi connectivity index (χ1) is 11.2. The molecule has 0 aliphatic rings. The number of ether oxygens (including phenoxy) is 1. The number of unbranched alkanes of at least 4 members (excludes halogenated alkanes) is 2. The normalized spacial score (nSPS) is 11.1. The molecule has 23 heavy (non-hydrogen) atoms. The van der Waals surface area contributed by atoms with Gasteiger partial charge in [-0.1, -0.05) is 49.0 Å². The number of rotatable bonds is 6. The van der Waals surface area contributed by atoms with Crippen molar-refractivity contribution in [2.45, 2.75) is 32.7 Å². The third-order valence-corrected chi connectivity index (χ3v) is 3.93. The summed E-state index contributed by atoms with van der Waals surface area (Å²) in [6, 6.07) is 5.89. The Balaban J connectivity index is 1.97. The summed E-state index contributed by atoms with van der Waals surface area (Å²) in [6.07, 6.45) is 6.32. The van der Waals surface area contributed by atoms with E-state index in [1.54, 1.807) is 0 Å². The summed E-state index contributed by atoms with van der Waals surface area (Å²) in [4.78, 5) is 8.13. The predicted molar refractivity (Wildman–Crippen MR) is 91.4 cm³/mol. The lowest BCUT2D eigenvalue weighted by Crippen LogP contribution is -2.01. The summed E-state index contributed by atoms with van der Waals surface area (Å²) >= 11 is 12.0. The maximum absolute atomic E-state index is 6.25. The summed E-state index contributed by atoms with van der Waals surface area (Å²) < 4.78 is 7.69. The van der Waals surface area contributed by atoms with Crippen molar-refractivity contribution in [2.24, 2.45) is 0 Å². The summed E-state index contributed by atoms with van der Waals surface area (Å²) in [5.74, 6) is 0.626. The van der Waals surface area contributed by atoms with Gasteiger partial charge < -0.3 is 4.74 Å². The Hall–Kier alpha value is -1.85. The van der Waals surface area contributed by atoms with Crippen LogP contribution in [0.3, 0.4) is 0 Å². The highest BCUT2D eigenvalue weighted by molar-refractivity contribution is 6.34. The second kappa shape index (κ2) is 7.15. The van der Waals surface area contributed by atoms with Crippen LogP contribution in [0, 0.1) is 0 Å². The summed E-state index contributed by atoms with van der Waals surface area (Å²) in [7, 11) is 0. The van der Waals surface area contributed by atoms with Crippen molar-refractivity contribution < 1.29 is 4.74 Å². The molecule has 0 spiro atoms. The van der Waals surface area contributed by atoms with Gasteiger partial charge in [0.25, 0.3) is 0 Å². The molecule has 5 nitrogen and oxygen atoms in total. The molecule has 0 saturated carbocycles.